The molecule has 0 aliphatic heterocycles. The molecule has 4 nitrogen and oxygen atoms in total. The third-order valence-corrected chi connectivity index (χ3v) is 3.10. The topological polar surface area (TPSA) is 67.5 Å². The third-order valence-electron chi connectivity index (χ3n) is 3.10. The highest BCUT2D eigenvalue weighted by Crippen LogP contribution is 2.23. The Morgan fingerprint density at radius 3 is 2.47 bits per heavy atom. The predicted octanol–water partition coefficient (Wildman–Crippen LogP) is 2.24. The molecule has 4 N–H and O–H groups in total. The van der Waals surface area contributed by atoms with E-state index in [4.69, 9.17) is 10.5 Å². The van der Waals surface area contributed by atoms with E-state index in [1.165, 1.54) is 0 Å². The average molecular weight is 238 g/mol. The molecule has 0 saturated carbocycles. The summed E-state index contributed by atoms with van der Waals surface area (Å²) in [6.07, 6.45) is 1.44. The maximum atomic E-state index is 10.2. The quantitative estimate of drug-likeness (QED) is 0.665. The van der Waals surface area contributed by atoms with E-state index in [2.05, 4.69) is 5.32 Å². The molecular weight excluding hydrogens is 216 g/mol. The monoisotopic (exact) mass is 238 g/mol. The second kappa shape index (κ2) is 5.77. The van der Waals surface area contributed by atoms with Crippen LogP contribution in [0.5, 0.6) is 5.75 Å². The number of nitrogens with one attached hydrogen (secondary N) is 1. The number of methoxy groups -OCH3 is 1. The van der Waals surface area contributed by atoms with Gasteiger partial charge in [0.25, 0.3) is 0 Å². The van der Waals surface area contributed by atoms with Gasteiger partial charge in [0.15, 0.2) is 0 Å². The second-order valence-corrected chi connectivity index (χ2v) is 4.28. The van der Waals surface area contributed by atoms with E-state index in [9.17, 15) is 5.11 Å². The van der Waals surface area contributed by atoms with Crippen molar-refractivity contribution in [2.45, 2.75) is 32.3 Å². The Hall–Kier alpha value is -1.42. The van der Waals surface area contributed by atoms with Crippen LogP contribution in [0.25, 0.3) is 0 Å². The van der Waals surface area contributed by atoms with E-state index in [0.29, 0.717) is 18.0 Å². The zero-order valence-electron chi connectivity index (χ0n) is 10.8. The van der Waals surface area contributed by atoms with Crippen LogP contribution in [0, 0.1) is 0 Å². The molecule has 17 heavy (non-hydrogen) atoms. The molecule has 1 rings (SSSR count). The number of anilines is 2. The van der Waals surface area contributed by atoms with Crippen LogP contribution in [-0.2, 0) is 0 Å². The van der Waals surface area contributed by atoms with Crippen LogP contribution in [0.1, 0.15) is 26.7 Å². The van der Waals surface area contributed by atoms with Crippen molar-refractivity contribution in [3.05, 3.63) is 18.2 Å². The maximum Gasteiger partial charge on any atom is 0.122 e. The molecule has 0 saturated heterocycles. The molecule has 0 bridgehead atoms. The van der Waals surface area contributed by atoms with Gasteiger partial charge in [-0.15, -0.1) is 0 Å². The Morgan fingerprint density at radius 1 is 1.29 bits per heavy atom. The molecule has 0 atom stereocenters. The molecular formula is C13H22N2O2. The Bertz CT molecular complexity index is 362. The van der Waals surface area contributed by atoms with Crippen molar-refractivity contribution in [2.75, 3.05) is 24.7 Å². The van der Waals surface area contributed by atoms with Crippen LogP contribution in [0.2, 0.25) is 0 Å². The lowest BCUT2D eigenvalue weighted by molar-refractivity contribution is 0.0457. The van der Waals surface area contributed by atoms with Gasteiger partial charge in [-0.3, -0.25) is 0 Å². The van der Waals surface area contributed by atoms with Crippen molar-refractivity contribution in [2.24, 2.45) is 0 Å². The van der Waals surface area contributed by atoms with Gasteiger partial charge < -0.3 is 20.9 Å². The molecule has 0 aromatic heterocycles. The van der Waals surface area contributed by atoms with Gasteiger partial charge in [0.05, 0.1) is 12.7 Å². The van der Waals surface area contributed by atoms with Crippen LogP contribution in [0.3, 0.4) is 0 Å². The highest BCUT2D eigenvalue weighted by Gasteiger charge is 2.21. The van der Waals surface area contributed by atoms with Crippen LogP contribution < -0.4 is 15.8 Å². The molecule has 4 heteroatoms. The van der Waals surface area contributed by atoms with Crippen LogP contribution in [0.15, 0.2) is 18.2 Å². The SMILES string of the molecule is CCC(O)(CC)CNc1cc(N)cc(OC)c1. The highest BCUT2D eigenvalue weighted by atomic mass is 16.5. The van der Waals surface area contributed by atoms with Crippen molar-refractivity contribution < 1.29 is 9.84 Å². The fourth-order valence-electron chi connectivity index (χ4n) is 1.61. The second-order valence-electron chi connectivity index (χ2n) is 4.28. The number of aliphatic hydroxyl groups is 1. The molecule has 1 aromatic rings. The first-order valence-corrected chi connectivity index (χ1v) is 5.94. The maximum absolute atomic E-state index is 10.2. The van der Waals surface area contributed by atoms with Crippen LogP contribution in [0.4, 0.5) is 11.4 Å². The Kier molecular flexibility index (Phi) is 4.63. The summed E-state index contributed by atoms with van der Waals surface area (Å²) in [5, 5.41) is 13.4. The zero-order chi connectivity index (χ0) is 12.9. The number of ether oxygens (including phenoxy) is 1. The van der Waals surface area contributed by atoms with E-state index >= 15 is 0 Å². The fraction of sp³-hybridized carbons (Fsp3) is 0.538. The average Bonchev–Trinajstić information content (AvgIpc) is 2.35. The minimum Gasteiger partial charge on any atom is -0.497 e. The van der Waals surface area contributed by atoms with Gasteiger partial charge in [-0.1, -0.05) is 13.8 Å². The smallest absolute Gasteiger partial charge is 0.122 e. The van der Waals surface area contributed by atoms with Crippen LogP contribution in [-0.4, -0.2) is 24.4 Å². The first-order chi connectivity index (χ1) is 8.03. The van der Waals surface area contributed by atoms with Gasteiger partial charge in [0, 0.05) is 30.1 Å². The summed E-state index contributed by atoms with van der Waals surface area (Å²) in [5.41, 5.74) is 6.59. The van der Waals surface area contributed by atoms with E-state index in [-0.39, 0.29) is 0 Å². The lowest BCUT2D eigenvalue weighted by Gasteiger charge is -2.26. The summed E-state index contributed by atoms with van der Waals surface area (Å²) in [7, 11) is 1.60. The van der Waals surface area contributed by atoms with Crippen molar-refractivity contribution in [1.29, 1.82) is 0 Å². The summed E-state index contributed by atoms with van der Waals surface area (Å²) >= 11 is 0. The van der Waals surface area contributed by atoms with Gasteiger partial charge >= 0.3 is 0 Å². The van der Waals surface area contributed by atoms with Crippen molar-refractivity contribution in [3.8, 4) is 5.75 Å². The highest BCUT2D eigenvalue weighted by molar-refractivity contribution is 5.59. The minimum absolute atomic E-state index is 0.507. The Balaban J connectivity index is 2.72. The molecule has 96 valence electrons. The molecule has 0 amide bonds. The summed E-state index contributed by atoms with van der Waals surface area (Å²) in [6.45, 7) is 4.46. The molecule has 0 radical (unpaired) electrons. The van der Waals surface area contributed by atoms with Crippen molar-refractivity contribution >= 4 is 11.4 Å². The number of hydrogen-bond acceptors (Lipinski definition) is 4. The summed E-state index contributed by atoms with van der Waals surface area (Å²) in [6, 6.07) is 5.45. The molecule has 0 aliphatic rings. The molecule has 1 aromatic carbocycles. The Morgan fingerprint density at radius 2 is 1.94 bits per heavy atom. The standard InChI is InChI=1S/C13H22N2O2/c1-4-13(16,5-2)9-15-11-6-10(14)7-12(8-11)17-3/h6-8,15-16H,4-5,9,14H2,1-3H3. The van der Waals surface area contributed by atoms with Gasteiger partial charge in [-0.25, -0.2) is 0 Å². The molecule has 0 heterocycles. The lowest BCUT2D eigenvalue weighted by atomic mass is 9.97. The minimum atomic E-state index is -0.669. The van der Waals surface area contributed by atoms with Gasteiger partial charge in [0.2, 0.25) is 0 Å². The number of benzene rings is 1. The van der Waals surface area contributed by atoms with Gasteiger partial charge in [-0.2, -0.15) is 0 Å². The predicted molar refractivity (Wildman–Crippen MR) is 71.4 cm³/mol. The summed E-state index contributed by atoms with van der Waals surface area (Å²) < 4.78 is 5.14. The molecule has 0 unspecified atom stereocenters. The molecule has 0 spiro atoms. The number of hydrogen-bond donors (Lipinski definition) is 3. The molecule has 0 aliphatic carbocycles. The van der Waals surface area contributed by atoms with Gasteiger partial charge in [-0.05, 0) is 18.9 Å². The third kappa shape index (κ3) is 3.82. The van der Waals surface area contributed by atoms with Crippen LogP contribution >= 0.6 is 0 Å². The van der Waals surface area contributed by atoms with E-state index in [0.717, 1.165) is 18.5 Å². The first kappa shape index (κ1) is 13.6. The summed E-state index contributed by atoms with van der Waals surface area (Å²) in [5.74, 6) is 0.712. The van der Waals surface area contributed by atoms with E-state index in [1.54, 1.807) is 13.2 Å². The normalized spacial score (nSPS) is 11.3. The fourth-order valence-corrected chi connectivity index (χ4v) is 1.61. The largest absolute Gasteiger partial charge is 0.497 e. The van der Waals surface area contributed by atoms with E-state index < -0.39 is 5.60 Å². The first-order valence-electron chi connectivity index (χ1n) is 5.94. The lowest BCUT2D eigenvalue weighted by Crippen LogP contribution is -2.35. The zero-order valence-corrected chi connectivity index (χ0v) is 10.8. The number of nitrogens with two attached hydrogens (primary N) is 1. The number of nitrogen functional groups attached to an aromatic ring is 1. The van der Waals surface area contributed by atoms with Crippen molar-refractivity contribution in [3.63, 3.8) is 0 Å². The summed E-state index contributed by atoms with van der Waals surface area (Å²) in [4.78, 5) is 0. The van der Waals surface area contributed by atoms with E-state index in [1.807, 2.05) is 26.0 Å². The Labute approximate surface area is 103 Å². The van der Waals surface area contributed by atoms with Gasteiger partial charge in [0.1, 0.15) is 5.75 Å². The van der Waals surface area contributed by atoms with Crippen molar-refractivity contribution in [1.82, 2.24) is 0 Å². The number of rotatable bonds is 6. The molecule has 0 fully saturated rings.